The lowest BCUT2D eigenvalue weighted by Crippen LogP contribution is -2.39. The zero-order valence-electron chi connectivity index (χ0n) is 14.7. The number of hydrogen-bond acceptors (Lipinski definition) is 4. The van der Waals surface area contributed by atoms with E-state index in [1.54, 1.807) is 4.90 Å². The SMILES string of the molecule is O=C(c1cc(C2CC2)[nH]n1)N1CCc2c(nc(-c3ccccc3)[nH]c2=O)C1. The molecule has 1 aromatic carbocycles. The third-order valence-electron chi connectivity index (χ3n) is 5.24. The van der Waals surface area contributed by atoms with Gasteiger partial charge in [-0.1, -0.05) is 30.3 Å². The first kappa shape index (κ1) is 16.0. The number of carbonyl (C=O) groups excluding carboxylic acids is 1. The molecule has 7 nitrogen and oxygen atoms in total. The molecule has 136 valence electrons. The summed E-state index contributed by atoms with van der Waals surface area (Å²) in [4.78, 5) is 34.5. The third kappa shape index (κ3) is 2.95. The maximum absolute atomic E-state index is 12.8. The van der Waals surface area contributed by atoms with Gasteiger partial charge in [0.05, 0.1) is 12.2 Å². The van der Waals surface area contributed by atoms with E-state index in [9.17, 15) is 9.59 Å². The molecular formula is C20H19N5O2. The monoisotopic (exact) mass is 361 g/mol. The van der Waals surface area contributed by atoms with Gasteiger partial charge >= 0.3 is 0 Å². The molecule has 0 unspecified atom stereocenters. The van der Waals surface area contributed by atoms with Gasteiger partial charge in [-0.3, -0.25) is 14.7 Å². The van der Waals surface area contributed by atoms with Crippen molar-refractivity contribution in [2.45, 2.75) is 31.7 Å². The Hall–Kier alpha value is -3.22. The maximum Gasteiger partial charge on any atom is 0.274 e. The maximum atomic E-state index is 12.8. The van der Waals surface area contributed by atoms with E-state index in [-0.39, 0.29) is 11.5 Å². The quantitative estimate of drug-likeness (QED) is 0.748. The van der Waals surface area contributed by atoms with Crippen LogP contribution in [0.25, 0.3) is 11.4 Å². The standard InChI is InChI=1S/C20H19N5O2/c26-19-14-8-9-25(20(27)16-10-15(23-24-16)12-6-7-12)11-17(14)21-18(22-19)13-4-2-1-3-5-13/h1-5,10,12H,6-9,11H2,(H,23,24)(H,21,22,26). The van der Waals surface area contributed by atoms with Crippen molar-refractivity contribution >= 4 is 5.91 Å². The fourth-order valence-electron chi connectivity index (χ4n) is 3.56. The number of hydrogen-bond donors (Lipinski definition) is 2. The Morgan fingerprint density at radius 2 is 2.00 bits per heavy atom. The van der Waals surface area contributed by atoms with Crippen molar-refractivity contribution < 1.29 is 4.79 Å². The summed E-state index contributed by atoms with van der Waals surface area (Å²) >= 11 is 0. The number of nitrogens with one attached hydrogen (secondary N) is 2. The van der Waals surface area contributed by atoms with E-state index in [2.05, 4.69) is 20.2 Å². The van der Waals surface area contributed by atoms with Crippen molar-refractivity contribution in [3.63, 3.8) is 0 Å². The van der Waals surface area contributed by atoms with Crippen LogP contribution in [0.1, 0.15) is 46.2 Å². The van der Waals surface area contributed by atoms with E-state index in [1.807, 2.05) is 36.4 Å². The Bertz CT molecular complexity index is 1070. The zero-order valence-corrected chi connectivity index (χ0v) is 14.7. The van der Waals surface area contributed by atoms with E-state index in [1.165, 1.54) is 0 Å². The summed E-state index contributed by atoms with van der Waals surface area (Å²) in [5.74, 6) is 0.936. The van der Waals surface area contributed by atoms with Crippen LogP contribution >= 0.6 is 0 Å². The van der Waals surface area contributed by atoms with Crippen molar-refractivity contribution in [2.75, 3.05) is 6.54 Å². The number of rotatable bonds is 3. The molecule has 1 aliphatic heterocycles. The number of nitrogens with zero attached hydrogens (tertiary/aromatic N) is 3. The molecule has 1 aliphatic carbocycles. The summed E-state index contributed by atoms with van der Waals surface area (Å²) in [6, 6.07) is 11.4. The van der Waals surface area contributed by atoms with Gasteiger partial charge in [-0.15, -0.1) is 0 Å². The van der Waals surface area contributed by atoms with Crippen molar-refractivity contribution in [1.82, 2.24) is 25.1 Å². The van der Waals surface area contributed by atoms with Gasteiger partial charge in [-0.2, -0.15) is 5.10 Å². The molecule has 1 saturated carbocycles. The summed E-state index contributed by atoms with van der Waals surface area (Å²) < 4.78 is 0. The second-order valence-corrected chi connectivity index (χ2v) is 7.17. The first-order chi connectivity index (χ1) is 13.2. The molecular weight excluding hydrogens is 342 g/mol. The second-order valence-electron chi connectivity index (χ2n) is 7.17. The van der Waals surface area contributed by atoms with E-state index >= 15 is 0 Å². The first-order valence-electron chi connectivity index (χ1n) is 9.21. The van der Waals surface area contributed by atoms with Crippen molar-refractivity contribution in [3.05, 3.63) is 69.4 Å². The minimum atomic E-state index is -0.123. The molecule has 1 amide bonds. The van der Waals surface area contributed by atoms with Crippen molar-refractivity contribution in [2.24, 2.45) is 0 Å². The zero-order chi connectivity index (χ0) is 18.4. The molecule has 0 radical (unpaired) electrons. The van der Waals surface area contributed by atoms with Crippen molar-refractivity contribution in [1.29, 1.82) is 0 Å². The van der Waals surface area contributed by atoms with Gasteiger partial charge in [0.25, 0.3) is 11.5 Å². The van der Waals surface area contributed by atoms with Crippen LogP contribution in [0.3, 0.4) is 0 Å². The average molecular weight is 361 g/mol. The van der Waals surface area contributed by atoms with E-state index < -0.39 is 0 Å². The van der Waals surface area contributed by atoms with Crippen LogP contribution in [0.15, 0.2) is 41.2 Å². The normalized spacial score (nSPS) is 16.2. The fraction of sp³-hybridized carbons (Fsp3) is 0.300. The van der Waals surface area contributed by atoms with Gasteiger partial charge < -0.3 is 9.88 Å². The van der Waals surface area contributed by atoms with Crippen LogP contribution in [0, 0.1) is 0 Å². The lowest BCUT2D eigenvalue weighted by molar-refractivity contribution is 0.0725. The number of fused-ring (bicyclic) bond motifs is 1. The molecule has 3 aromatic rings. The van der Waals surface area contributed by atoms with Gasteiger partial charge in [0.2, 0.25) is 0 Å². The number of H-pyrrole nitrogens is 2. The van der Waals surface area contributed by atoms with Gasteiger partial charge in [0.1, 0.15) is 11.5 Å². The number of carbonyl (C=O) groups is 1. The molecule has 3 heterocycles. The molecule has 2 aromatic heterocycles. The molecule has 5 rings (SSSR count). The molecule has 1 fully saturated rings. The minimum Gasteiger partial charge on any atom is -0.331 e. The smallest absolute Gasteiger partial charge is 0.274 e. The van der Waals surface area contributed by atoms with Crippen molar-refractivity contribution in [3.8, 4) is 11.4 Å². The van der Waals surface area contributed by atoms with Crippen LogP contribution < -0.4 is 5.56 Å². The number of amides is 1. The predicted octanol–water partition coefficient (Wildman–Crippen LogP) is 2.24. The van der Waals surface area contributed by atoms with Crippen LogP contribution in [0.4, 0.5) is 0 Å². The minimum absolute atomic E-state index is 0.118. The van der Waals surface area contributed by atoms with Gasteiger partial charge in [0.15, 0.2) is 0 Å². The van der Waals surface area contributed by atoms with Gasteiger partial charge in [-0.05, 0) is 25.3 Å². The largest absolute Gasteiger partial charge is 0.331 e. The summed E-state index contributed by atoms with van der Waals surface area (Å²) in [6.07, 6.45) is 2.81. The van der Waals surface area contributed by atoms with Gasteiger partial charge in [-0.25, -0.2) is 4.98 Å². The summed E-state index contributed by atoms with van der Waals surface area (Å²) in [5, 5.41) is 7.17. The Balaban J connectivity index is 1.43. The molecule has 0 bridgehead atoms. The predicted molar refractivity (Wildman–Crippen MR) is 99.3 cm³/mol. The summed E-state index contributed by atoms with van der Waals surface area (Å²) in [5.41, 5.74) is 3.53. The first-order valence-corrected chi connectivity index (χ1v) is 9.21. The lowest BCUT2D eigenvalue weighted by Gasteiger charge is -2.27. The lowest BCUT2D eigenvalue weighted by atomic mass is 10.1. The van der Waals surface area contributed by atoms with Crippen LogP contribution in [-0.4, -0.2) is 37.5 Å². The fourth-order valence-corrected chi connectivity index (χ4v) is 3.56. The highest BCUT2D eigenvalue weighted by molar-refractivity contribution is 5.92. The van der Waals surface area contributed by atoms with Crippen LogP contribution in [0.5, 0.6) is 0 Å². The molecule has 2 aliphatic rings. The Kier molecular flexibility index (Phi) is 3.67. The van der Waals surface area contributed by atoms with Crippen LogP contribution in [-0.2, 0) is 13.0 Å². The molecule has 27 heavy (non-hydrogen) atoms. The van der Waals surface area contributed by atoms with E-state index in [0.29, 0.717) is 48.2 Å². The Labute approximate surface area is 155 Å². The molecule has 7 heteroatoms. The molecule has 2 N–H and O–H groups in total. The molecule has 0 spiro atoms. The Morgan fingerprint density at radius 3 is 2.78 bits per heavy atom. The average Bonchev–Trinajstić information content (AvgIpc) is 3.44. The summed E-state index contributed by atoms with van der Waals surface area (Å²) in [7, 11) is 0. The topological polar surface area (TPSA) is 94.7 Å². The van der Waals surface area contributed by atoms with E-state index in [4.69, 9.17) is 0 Å². The second kappa shape index (κ2) is 6.19. The highest BCUT2D eigenvalue weighted by Crippen LogP contribution is 2.39. The van der Waals surface area contributed by atoms with E-state index in [0.717, 1.165) is 24.1 Å². The molecule has 0 saturated heterocycles. The van der Waals surface area contributed by atoms with Gasteiger partial charge in [0, 0.05) is 29.3 Å². The molecule has 0 atom stereocenters. The number of benzene rings is 1. The summed E-state index contributed by atoms with van der Waals surface area (Å²) in [6.45, 7) is 0.816. The number of aromatic nitrogens is 4. The van der Waals surface area contributed by atoms with Crippen LogP contribution in [0.2, 0.25) is 0 Å². The highest BCUT2D eigenvalue weighted by Gasteiger charge is 2.29. The Morgan fingerprint density at radius 1 is 1.19 bits per heavy atom. The number of aromatic amines is 2. The third-order valence-corrected chi connectivity index (χ3v) is 5.24. The highest BCUT2D eigenvalue weighted by atomic mass is 16.2.